The summed E-state index contributed by atoms with van der Waals surface area (Å²) in [5.74, 6) is 0.915. The molecule has 3 N–H and O–H groups in total. The molecule has 11 nitrogen and oxygen atoms in total. The Kier molecular flexibility index (Phi) is 15.8. The van der Waals surface area contributed by atoms with Gasteiger partial charge in [-0.2, -0.15) is 0 Å². The van der Waals surface area contributed by atoms with E-state index in [2.05, 4.69) is 25.7 Å². The van der Waals surface area contributed by atoms with E-state index in [1.165, 1.54) is 0 Å². The van der Waals surface area contributed by atoms with Crippen LogP contribution in [0.3, 0.4) is 0 Å². The predicted molar refractivity (Wildman–Crippen MR) is 124 cm³/mol. The van der Waals surface area contributed by atoms with E-state index in [1.54, 1.807) is 6.92 Å². The second-order valence-corrected chi connectivity index (χ2v) is 6.73. The number of carbonyl (C=O) groups is 1. The van der Waals surface area contributed by atoms with Gasteiger partial charge in [0.1, 0.15) is 0 Å². The molecule has 0 bridgehead atoms. The molecule has 0 aliphatic heterocycles. The van der Waals surface area contributed by atoms with Crippen molar-refractivity contribution in [3.8, 4) is 11.4 Å². The first kappa shape index (κ1) is 28.8. The number of nitrogens with one attached hydrogen (secondary N) is 1. The van der Waals surface area contributed by atoms with Crippen molar-refractivity contribution in [3.05, 3.63) is 35.7 Å². The van der Waals surface area contributed by atoms with Crippen LogP contribution in [0, 0.1) is 6.92 Å². The molecule has 2 aromatic rings. The van der Waals surface area contributed by atoms with Gasteiger partial charge in [-0.1, -0.05) is 24.3 Å². The van der Waals surface area contributed by atoms with Crippen molar-refractivity contribution in [2.24, 2.45) is 5.73 Å². The first-order valence-corrected chi connectivity index (χ1v) is 10.6. The van der Waals surface area contributed by atoms with E-state index in [0.29, 0.717) is 84.0 Å². The second kappa shape index (κ2) is 18.2. The van der Waals surface area contributed by atoms with Crippen molar-refractivity contribution < 1.29 is 23.7 Å². The Balaban J connectivity index is 0.00000544. The van der Waals surface area contributed by atoms with Crippen molar-refractivity contribution in [2.75, 3.05) is 59.4 Å². The van der Waals surface area contributed by atoms with Gasteiger partial charge in [0.15, 0.2) is 5.82 Å². The summed E-state index contributed by atoms with van der Waals surface area (Å²) in [6.07, 6.45) is 0.290. The molecule has 0 saturated carbocycles. The highest BCUT2D eigenvalue weighted by Crippen LogP contribution is 2.13. The average molecular weight is 485 g/mol. The molecule has 0 spiro atoms. The van der Waals surface area contributed by atoms with Crippen LogP contribution in [0.5, 0.6) is 0 Å². The molecule has 0 fully saturated rings. The summed E-state index contributed by atoms with van der Waals surface area (Å²) in [4.78, 5) is 11.9. The van der Waals surface area contributed by atoms with Gasteiger partial charge >= 0.3 is 0 Å². The molecule has 1 heterocycles. The van der Waals surface area contributed by atoms with Crippen molar-refractivity contribution in [1.29, 1.82) is 0 Å². The maximum Gasteiger partial charge on any atom is 0.222 e. The number of rotatable bonds is 17. The molecule has 33 heavy (non-hydrogen) atoms. The molecular weight excluding hydrogens is 452 g/mol. The maximum absolute atomic E-state index is 11.9. The summed E-state index contributed by atoms with van der Waals surface area (Å²) in [5.41, 5.74) is 7.10. The van der Waals surface area contributed by atoms with Crippen LogP contribution < -0.4 is 11.1 Å². The van der Waals surface area contributed by atoms with Crippen molar-refractivity contribution in [1.82, 2.24) is 25.7 Å². The quantitative estimate of drug-likeness (QED) is 0.308. The number of hydrogen-bond donors (Lipinski definition) is 2. The number of aryl methyl sites for hydroxylation is 1. The Bertz CT molecular complexity index is 767. The van der Waals surface area contributed by atoms with Gasteiger partial charge in [-0.05, 0) is 12.5 Å². The van der Waals surface area contributed by atoms with E-state index in [9.17, 15) is 4.79 Å². The van der Waals surface area contributed by atoms with Crippen molar-refractivity contribution >= 4 is 18.3 Å². The number of carbonyl (C=O) groups excluding carboxylic acids is 1. The Morgan fingerprint density at radius 1 is 0.818 bits per heavy atom. The molecule has 0 saturated heterocycles. The van der Waals surface area contributed by atoms with E-state index < -0.39 is 0 Å². The van der Waals surface area contributed by atoms with Crippen LogP contribution in [0.15, 0.2) is 24.3 Å². The lowest BCUT2D eigenvalue weighted by Crippen LogP contribution is -2.24. The number of nitrogens with zero attached hydrogens (tertiary/aromatic N) is 4. The fourth-order valence-corrected chi connectivity index (χ4v) is 2.47. The topological polar surface area (TPSA) is 144 Å². The fraction of sp³-hybridized carbons (Fsp3) is 0.571. The monoisotopic (exact) mass is 484 g/mol. The van der Waals surface area contributed by atoms with Crippen molar-refractivity contribution in [3.63, 3.8) is 0 Å². The number of benzene rings is 1. The first-order valence-electron chi connectivity index (χ1n) is 10.6. The standard InChI is InChI=1S/C21H32N6O5.ClH/c1-17-24-26-21(27-25-17)19-4-2-18(3-5-19)16-23-20(28)6-8-29-10-12-31-14-15-32-13-11-30-9-7-22;/h2-5H,6-16,22H2,1H3,(H,23,28);1H. The number of nitrogens with two attached hydrogens (primary N) is 1. The van der Waals surface area contributed by atoms with E-state index >= 15 is 0 Å². The summed E-state index contributed by atoms with van der Waals surface area (Å²) in [5, 5.41) is 18.7. The van der Waals surface area contributed by atoms with E-state index in [1.807, 2.05) is 24.3 Å². The van der Waals surface area contributed by atoms with Crippen LogP contribution in [0.25, 0.3) is 11.4 Å². The number of aromatic nitrogens is 4. The summed E-state index contributed by atoms with van der Waals surface area (Å²) in [6, 6.07) is 7.56. The predicted octanol–water partition coefficient (Wildman–Crippen LogP) is 0.695. The van der Waals surface area contributed by atoms with Gasteiger partial charge in [0.25, 0.3) is 0 Å². The molecule has 0 unspecified atom stereocenters. The van der Waals surface area contributed by atoms with Crippen LogP contribution in [0.1, 0.15) is 17.8 Å². The zero-order valence-electron chi connectivity index (χ0n) is 18.9. The normalized spacial score (nSPS) is 10.6. The molecule has 0 atom stereocenters. The number of halogens is 1. The highest BCUT2D eigenvalue weighted by Gasteiger charge is 2.05. The smallest absolute Gasteiger partial charge is 0.222 e. The molecule has 1 amide bonds. The summed E-state index contributed by atoms with van der Waals surface area (Å²) < 4.78 is 21.3. The molecule has 1 aromatic heterocycles. The largest absolute Gasteiger partial charge is 0.379 e. The number of ether oxygens (including phenoxy) is 4. The molecule has 0 aliphatic carbocycles. The van der Waals surface area contributed by atoms with Gasteiger partial charge in [0.2, 0.25) is 11.7 Å². The lowest BCUT2D eigenvalue weighted by molar-refractivity contribution is -0.122. The Hall–Kier alpha value is -2.28. The van der Waals surface area contributed by atoms with E-state index in [0.717, 1.165) is 11.1 Å². The molecule has 12 heteroatoms. The summed E-state index contributed by atoms with van der Waals surface area (Å²) in [6.45, 7) is 6.50. The van der Waals surface area contributed by atoms with E-state index in [4.69, 9.17) is 24.7 Å². The third-order valence-corrected chi connectivity index (χ3v) is 4.13. The Morgan fingerprint density at radius 2 is 1.33 bits per heavy atom. The minimum absolute atomic E-state index is 0. The number of amides is 1. The minimum Gasteiger partial charge on any atom is -0.379 e. The maximum atomic E-state index is 11.9. The highest BCUT2D eigenvalue weighted by atomic mass is 35.5. The third kappa shape index (κ3) is 13.1. The first-order chi connectivity index (χ1) is 15.7. The Labute approximate surface area is 200 Å². The molecule has 2 rings (SSSR count). The van der Waals surface area contributed by atoms with Crippen LogP contribution in [-0.4, -0.2) is 85.7 Å². The average Bonchev–Trinajstić information content (AvgIpc) is 2.81. The SMILES string of the molecule is Cc1nnc(-c2ccc(CNC(=O)CCOCCOCCOCCOCCN)cc2)nn1.Cl. The van der Waals surface area contributed by atoms with Gasteiger partial charge in [-0.25, -0.2) is 0 Å². The molecule has 0 aliphatic rings. The van der Waals surface area contributed by atoms with Crippen molar-refractivity contribution in [2.45, 2.75) is 19.9 Å². The number of hydrogen-bond acceptors (Lipinski definition) is 10. The van der Waals surface area contributed by atoms with E-state index in [-0.39, 0.29) is 18.3 Å². The molecule has 0 radical (unpaired) electrons. The van der Waals surface area contributed by atoms with Crippen LogP contribution in [-0.2, 0) is 30.3 Å². The fourth-order valence-electron chi connectivity index (χ4n) is 2.47. The minimum atomic E-state index is -0.0736. The molecule has 1 aromatic carbocycles. The molecule has 184 valence electrons. The van der Waals surface area contributed by atoms with Gasteiger partial charge < -0.3 is 30.0 Å². The summed E-state index contributed by atoms with van der Waals surface area (Å²) in [7, 11) is 0. The van der Waals surface area contributed by atoms with Gasteiger partial charge in [-0.3, -0.25) is 4.79 Å². The van der Waals surface area contributed by atoms with Crippen LogP contribution in [0.4, 0.5) is 0 Å². The van der Waals surface area contributed by atoms with Crippen LogP contribution >= 0.6 is 12.4 Å². The zero-order chi connectivity index (χ0) is 22.9. The van der Waals surface area contributed by atoms with Gasteiger partial charge in [-0.15, -0.1) is 32.8 Å². The van der Waals surface area contributed by atoms with Gasteiger partial charge in [0, 0.05) is 25.1 Å². The lowest BCUT2D eigenvalue weighted by Gasteiger charge is -2.08. The third-order valence-electron chi connectivity index (χ3n) is 4.13. The highest BCUT2D eigenvalue weighted by molar-refractivity contribution is 5.85. The Morgan fingerprint density at radius 3 is 1.88 bits per heavy atom. The zero-order valence-corrected chi connectivity index (χ0v) is 19.7. The second-order valence-electron chi connectivity index (χ2n) is 6.73. The van der Waals surface area contributed by atoms with Crippen LogP contribution in [0.2, 0.25) is 0 Å². The van der Waals surface area contributed by atoms with Gasteiger partial charge in [0.05, 0.1) is 52.9 Å². The molecular formula is C21H33ClN6O5. The summed E-state index contributed by atoms with van der Waals surface area (Å²) >= 11 is 0. The lowest BCUT2D eigenvalue weighted by atomic mass is 10.1.